The van der Waals surface area contributed by atoms with E-state index >= 15 is 0 Å². The molecule has 72 valence electrons. The fourth-order valence-corrected chi connectivity index (χ4v) is 1.22. The Labute approximate surface area is 88.0 Å². The summed E-state index contributed by atoms with van der Waals surface area (Å²) in [6, 6.07) is 12.1. The van der Waals surface area contributed by atoms with E-state index < -0.39 is 0 Å². The average Bonchev–Trinajstić information content (AvgIpc) is 2.32. The lowest BCUT2D eigenvalue weighted by molar-refractivity contribution is 1.18. The molecular formula is C12H9N3. The van der Waals surface area contributed by atoms with Crippen LogP contribution in [0.25, 0.3) is 11.3 Å². The van der Waals surface area contributed by atoms with Gasteiger partial charge >= 0.3 is 0 Å². The van der Waals surface area contributed by atoms with E-state index in [0.717, 1.165) is 11.3 Å². The quantitative estimate of drug-likeness (QED) is 0.553. The first-order valence-electron chi connectivity index (χ1n) is 4.49. The van der Waals surface area contributed by atoms with Crippen LogP contribution in [0.1, 0.15) is 5.69 Å². The smallest absolute Gasteiger partial charge is 0.133 e. The van der Waals surface area contributed by atoms with E-state index in [2.05, 4.69) is 21.9 Å². The van der Waals surface area contributed by atoms with Crippen molar-refractivity contribution in [3.63, 3.8) is 0 Å². The minimum atomic E-state index is 0.581. The molecule has 1 heterocycles. The molecule has 1 aromatic heterocycles. The second kappa shape index (κ2) is 4.25. The van der Waals surface area contributed by atoms with Crippen molar-refractivity contribution in [1.29, 1.82) is 0 Å². The molecule has 0 bridgehead atoms. The van der Waals surface area contributed by atoms with Crippen molar-refractivity contribution in [3.8, 4) is 23.2 Å². The molecule has 0 saturated heterocycles. The monoisotopic (exact) mass is 195 g/mol. The molecule has 0 amide bonds. The maximum absolute atomic E-state index is 5.08. The Hall–Kier alpha value is -2.34. The Morgan fingerprint density at radius 3 is 2.40 bits per heavy atom. The van der Waals surface area contributed by atoms with Gasteiger partial charge in [-0.15, -0.1) is 0 Å². The van der Waals surface area contributed by atoms with Gasteiger partial charge in [0.1, 0.15) is 5.69 Å². The number of benzene rings is 1. The maximum Gasteiger partial charge on any atom is 0.133 e. The van der Waals surface area contributed by atoms with Gasteiger partial charge in [0.05, 0.1) is 18.1 Å². The molecule has 15 heavy (non-hydrogen) atoms. The van der Waals surface area contributed by atoms with Gasteiger partial charge in [0, 0.05) is 11.6 Å². The largest absolute Gasteiger partial charge is 0.359 e. The van der Waals surface area contributed by atoms with Crippen LogP contribution in [0.4, 0.5) is 0 Å². The third-order valence-electron chi connectivity index (χ3n) is 1.92. The van der Waals surface area contributed by atoms with Crippen LogP contribution < -0.4 is 5.73 Å². The topological polar surface area (TPSA) is 51.8 Å². The summed E-state index contributed by atoms with van der Waals surface area (Å²) in [5.74, 6) is 2.64. The van der Waals surface area contributed by atoms with Crippen LogP contribution in [0.15, 0.2) is 42.7 Å². The van der Waals surface area contributed by atoms with Gasteiger partial charge in [-0.1, -0.05) is 30.3 Å². The van der Waals surface area contributed by atoms with Crippen LogP contribution in [0.2, 0.25) is 0 Å². The van der Waals surface area contributed by atoms with Crippen LogP contribution in [-0.4, -0.2) is 9.97 Å². The van der Waals surface area contributed by atoms with E-state index in [-0.39, 0.29) is 0 Å². The second-order valence-corrected chi connectivity index (χ2v) is 2.92. The van der Waals surface area contributed by atoms with Gasteiger partial charge in [-0.3, -0.25) is 4.98 Å². The van der Waals surface area contributed by atoms with Gasteiger partial charge in [0.15, 0.2) is 0 Å². The van der Waals surface area contributed by atoms with Crippen LogP contribution in [0.3, 0.4) is 0 Å². The van der Waals surface area contributed by atoms with Crippen molar-refractivity contribution < 1.29 is 0 Å². The SMILES string of the molecule is NC#Cc1cnc(-c2ccccc2)cn1. The van der Waals surface area contributed by atoms with Crippen LogP contribution in [0, 0.1) is 12.0 Å². The molecule has 0 fully saturated rings. The summed E-state index contributed by atoms with van der Waals surface area (Å²) in [5.41, 5.74) is 7.53. The zero-order valence-corrected chi connectivity index (χ0v) is 8.01. The lowest BCUT2D eigenvalue weighted by Crippen LogP contribution is -1.89. The van der Waals surface area contributed by atoms with Gasteiger partial charge in [-0.05, 0) is 5.92 Å². The first-order valence-corrected chi connectivity index (χ1v) is 4.49. The van der Waals surface area contributed by atoms with Gasteiger partial charge < -0.3 is 5.73 Å². The molecule has 0 radical (unpaired) electrons. The van der Waals surface area contributed by atoms with E-state index in [4.69, 9.17) is 5.73 Å². The molecule has 2 N–H and O–H groups in total. The Bertz CT molecular complexity index is 492. The Balaban J connectivity index is 2.35. The Morgan fingerprint density at radius 2 is 1.80 bits per heavy atom. The minimum absolute atomic E-state index is 0.581. The van der Waals surface area contributed by atoms with E-state index in [1.165, 1.54) is 0 Å². The highest BCUT2D eigenvalue weighted by Crippen LogP contribution is 2.14. The van der Waals surface area contributed by atoms with Crippen molar-refractivity contribution in [2.24, 2.45) is 5.73 Å². The maximum atomic E-state index is 5.08. The van der Waals surface area contributed by atoms with Crippen molar-refractivity contribution in [2.45, 2.75) is 0 Å². The molecule has 3 nitrogen and oxygen atoms in total. The lowest BCUT2D eigenvalue weighted by atomic mass is 10.2. The third-order valence-corrected chi connectivity index (χ3v) is 1.92. The standard InChI is InChI=1S/C12H9N3/c13-7-6-11-8-15-12(9-14-11)10-4-2-1-3-5-10/h1-5,8-9H,13H2. The number of aromatic nitrogens is 2. The molecule has 2 aromatic rings. The van der Waals surface area contributed by atoms with Crippen molar-refractivity contribution >= 4 is 0 Å². The van der Waals surface area contributed by atoms with Gasteiger partial charge in [-0.25, -0.2) is 4.98 Å². The van der Waals surface area contributed by atoms with Crippen LogP contribution in [-0.2, 0) is 0 Å². The van der Waals surface area contributed by atoms with Crippen molar-refractivity contribution in [1.82, 2.24) is 9.97 Å². The van der Waals surface area contributed by atoms with Crippen LogP contribution in [0.5, 0.6) is 0 Å². The summed E-state index contributed by atoms with van der Waals surface area (Å²) >= 11 is 0. The summed E-state index contributed by atoms with van der Waals surface area (Å²) in [7, 11) is 0. The van der Waals surface area contributed by atoms with E-state index in [0.29, 0.717) is 5.69 Å². The molecule has 0 aliphatic heterocycles. The summed E-state index contributed by atoms with van der Waals surface area (Å²) in [5, 5.41) is 0. The normalized spacial score (nSPS) is 9.07. The number of nitrogens with zero attached hydrogens (tertiary/aromatic N) is 2. The number of hydrogen-bond acceptors (Lipinski definition) is 3. The highest BCUT2D eigenvalue weighted by atomic mass is 14.8. The van der Waals surface area contributed by atoms with Gasteiger partial charge in [-0.2, -0.15) is 0 Å². The molecule has 0 aliphatic carbocycles. The predicted octanol–water partition coefficient (Wildman–Crippen LogP) is 1.41. The number of rotatable bonds is 1. The summed E-state index contributed by atoms with van der Waals surface area (Å²) in [4.78, 5) is 8.38. The molecule has 3 heteroatoms. The third kappa shape index (κ3) is 2.12. The molecule has 0 aliphatic rings. The summed E-state index contributed by atoms with van der Waals surface area (Å²) in [6.07, 6.45) is 3.30. The number of hydrogen-bond donors (Lipinski definition) is 1. The highest BCUT2D eigenvalue weighted by molar-refractivity contribution is 5.57. The zero-order valence-electron chi connectivity index (χ0n) is 8.01. The molecule has 0 spiro atoms. The fourth-order valence-electron chi connectivity index (χ4n) is 1.22. The molecule has 2 rings (SSSR count). The highest BCUT2D eigenvalue weighted by Gasteiger charge is 1.97. The van der Waals surface area contributed by atoms with Gasteiger partial charge in [0.2, 0.25) is 0 Å². The van der Waals surface area contributed by atoms with E-state index in [9.17, 15) is 0 Å². The first-order chi connectivity index (χ1) is 7.40. The predicted molar refractivity (Wildman–Crippen MR) is 58.5 cm³/mol. The van der Waals surface area contributed by atoms with Crippen molar-refractivity contribution in [2.75, 3.05) is 0 Å². The lowest BCUT2D eigenvalue weighted by Gasteiger charge is -1.98. The molecular weight excluding hydrogens is 186 g/mol. The van der Waals surface area contributed by atoms with E-state index in [1.54, 1.807) is 12.4 Å². The zero-order chi connectivity index (χ0) is 10.5. The summed E-state index contributed by atoms with van der Waals surface area (Å²) < 4.78 is 0. The minimum Gasteiger partial charge on any atom is -0.359 e. The Morgan fingerprint density at radius 1 is 1.00 bits per heavy atom. The van der Waals surface area contributed by atoms with Crippen LogP contribution >= 0.6 is 0 Å². The fraction of sp³-hybridized carbons (Fsp3) is 0. The van der Waals surface area contributed by atoms with E-state index in [1.807, 2.05) is 30.3 Å². The number of nitrogens with two attached hydrogens (primary N) is 1. The first kappa shape index (κ1) is 9.22. The Kier molecular flexibility index (Phi) is 2.61. The average molecular weight is 195 g/mol. The second-order valence-electron chi connectivity index (χ2n) is 2.92. The molecule has 1 aromatic carbocycles. The molecule has 0 unspecified atom stereocenters. The van der Waals surface area contributed by atoms with Crippen molar-refractivity contribution in [3.05, 3.63) is 48.4 Å². The molecule has 0 atom stereocenters. The summed E-state index contributed by atoms with van der Waals surface area (Å²) in [6.45, 7) is 0. The molecule has 0 saturated carbocycles. The van der Waals surface area contributed by atoms with Gasteiger partial charge in [0.25, 0.3) is 0 Å².